The van der Waals surface area contributed by atoms with Gasteiger partial charge in [-0.1, -0.05) is 11.6 Å². The van der Waals surface area contributed by atoms with Gasteiger partial charge in [-0.3, -0.25) is 14.4 Å². The SMILES string of the molecule is Cn1c(-c2ccc(OC(F)F)c(F)c2F)cnc1C(=O)Nc1ccc(C(=O)N2CCC(C(=O)N[C@H]3CNC[C@@H]3O)CC2)c(Cl)c1.O=C(O)C(F)(F)F. The highest BCUT2D eigenvalue weighted by Gasteiger charge is 2.38. The van der Waals surface area contributed by atoms with Crippen LogP contribution < -0.4 is 20.7 Å². The predicted octanol–water partition coefficient (Wildman–Crippen LogP) is 3.81. The maximum absolute atomic E-state index is 14.6. The van der Waals surface area contributed by atoms with Crippen LogP contribution >= 0.6 is 11.6 Å². The molecule has 0 spiro atoms. The van der Waals surface area contributed by atoms with Gasteiger partial charge in [0, 0.05) is 50.4 Å². The van der Waals surface area contributed by atoms with Crippen molar-refractivity contribution in [2.45, 2.75) is 37.8 Å². The summed E-state index contributed by atoms with van der Waals surface area (Å²) in [7, 11) is 1.38. The molecule has 0 unspecified atom stereocenters. The lowest BCUT2D eigenvalue weighted by Gasteiger charge is -2.32. The van der Waals surface area contributed by atoms with Crippen molar-refractivity contribution < 1.29 is 64.9 Å². The number of nitrogens with zero attached hydrogens (tertiary/aromatic N) is 3. The number of carbonyl (C=O) groups excluding carboxylic acids is 3. The highest BCUT2D eigenvalue weighted by atomic mass is 35.5. The van der Waals surface area contributed by atoms with Crippen LogP contribution in [0.25, 0.3) is 11.3 Å². The van der Waals surface area contributed by atoms with Crippen molar-refractivity contribution in [2.75, 3.05) is 31.5 Å². The predicted molar refractivity (Wildman–Crippen MR) is 168 cm³/mol. The third-order valence-electron chi connectivity index (χ3n) is 8.09. The first kappa shape index (κ1) is 39.8. The Hall–Kier alpha value is -4.95. The normalized spacial score (nSPS) is 17.7. The van der Waals surface area contributed by atoms with E-state index in [9.17, 15) is 50.2 Å². The number of imidazole rings is 1. The van der Waals surface area contributed by atoms with Gasteiger partial charge in [0.15, 0.2) is 17.4 Å². The van der Waals surface area contributed by atoms with Gasteiger partial charge in [-0.2, -0.15) is 26.3 Å². The number of anilines is 1. The van der Waals surface area contributed by atoms with Crippen molar-refractivity contribution in [2.24, 2.45) is 13.0 Å². The standard InChI is InChI=1S/C29H29ClF4N6O5.C2HF3O2/c1-39-20(17-4-5-22(45-29(33)34)24(32)23(17)31)12-36-25(39)27(43)37-15-2-3-16(18(30)10-15)28(44)40-8-6-14(7-9-40)26(42)38-19-11-35-13-21(19)41;3-2(4,5)1(6)7/h2-5,10,12,14,19,21,29,35,41H,6-9,11,13H2,1H3,(H,37,43)(H,38,42);(H,6,7)/t19-,21-;/m0./s1. The molecule has 1 aromatic heterocycles. The van der Waals surface area contributed by atoms with Crippen LogP contribution in [-0.2, 0) is 16.6 Å². The molecule has 2 atom stereocenters. The molecule has 52 heavy (non-hydrogen) atoms. The number of likely N-dealkylation sites (tertiary alicyclic amines) is 1. The van der Waals surface area contributed by atoms with Gasteiger partial charge in [-0.15, -0.1) is 0 Å². The number of aliphatic carboxylic acids is 1. The van der Waals surface area contributed by atoms with E-state index in [1.165, 1.54) is 29.8 Å². The second-order valence-electron chi connectivity index (χ2n) is 11.5. The van der Waals surface area contributed by atoms with E-state index in [1.54, 1.807) is 4.90 Å². The molecule has 3 amide bonds. The van der Waals surface area contributed by atoms with E-state index >= 15 is 0 Å². The van der Waals surface area contributed by atoms with E-state index in [1.807, 2.05) is 0 Å². The molecule has 2 saturated heterocycles. The van der Waals surface area contributed by atoms with E-state index in [0.717, 1.165) is 18.3 Å². The lowest BCUT2D eigenvalue weighted by molar-refractivity contribution is -0.192. The molecular formula is C31H30ClF7N6O7. The van der Waals surface area contributed by atoms with Crippen LogP contribution in [0.1, 0.15) is 33.8 Å². The number of β-amino-alcohol motifs (C(OH)–C–C–N with tert-alkyl or cyclic N) is 1. The van der Waals surface area contributed by atoms with Crippen LogP contribution in [0, 0.1) is 17.6 Å². The number of rotatable bonds is 8. The van der Waals surface area contributed by atoms with E-state index in [4.69, 9.17) is 21.5 Å². The average molecular weight is 767 g/mol. The Morgan fingerprint density at radius 2 is 1.71 bits per heavy atom. The first-order chi connectivity index (χ1) is 24.4. The van der Waals surface area contributed by atoms with E-state index in [2.05, 4.69) is 25.7 Å². The van der Waals surface area contributed by atoms with Gasteiger partial charge in [-0.25, -0.2) is 14.2 Å². The van der Waals surface area contributed by atoms with Crippen molar-refractivity contribution in [1.29, 1.82) is 0 Å². The highest BCUT2D eigenvalue weighted by molar-refractivity contribution is 6.34. The Morgan fingerprint density at radius 1 is 1.06 bits per heavy atom. The number of aliphatic hydroxyl groups excluding tert-OH is 1. The molecule has 13 nitrogen and oxygen atoms in total. The van der Waals surface area contributed by atoms with Crippen molar-refractivity contribution in [3.63, 3.8) is 0 Å². The first-order valence-electron chi connectivity index (χ1n) is 15.2. The number of aromatic nitrogens is 2. The molecule has 2 aromatic carbocycles. The minimum absolute atomic E-state index is 0.00601. The first-order valence-corrected chi connectivity index (χ1v) is 15.6. The largest absolute Gasteiger partial charge is 0.490 e. The molecule has 0 aliphatic carbocycles. The number of benzene rings is 2. The molecule has 0 bridgehead atoms. The maximum Gasteiger partial charge on any atom is 0.490 e. The minimum Gasteiger partial charge on any atom is -0.475 e. The summed E-state index contributed by atoms with van der Waals surface area (Å²) in [6.45, 7) is -1.74. The zero-order chi connectivity index (χ0) is 38.5. The molecule has 3 heterocycles. The lowest BCUT2D eigenvalue weighted by Crippen LogP contribution is -2.48. The van der Waals surface area contributed by atoms with E-state index < -0.39 is 48.2 Å². The number of hydrogen-bond donors (Lipinski definition) is 5. The molecule has 282 valence electrons. The smallest absolute Gasteiger partial charge is 0.475 e. The average Bonchev–Trinajstić information content (AvgIpc) is 3.67. The van der Waals surface area contributed by atoms with Crippen LogP contribution in [0.15, 0.2) is 36.5 Å². The number of aliphatic hydroxyl groups is 1. The molecule has 0 radical (unpaired) electrons. The summed E-state index contributed by atoms with van der Waals surface area (Å²) in [5.74, 6) is -8.46. The van der Waals surface area contributed by atoms with Crippen molar-refractivity contribution in [3.05, 3.63) is 64.6 Å². The summed E-state index contributed by atoms with van der Waals surface area (Å²) in [6.07, 6.45) is -3.69. The fourth-order valence-electron chi connectivity index (χ4n) is 5.37. The number of ether oxygens (including phenoxy) is 1. The van der Waals surface area contributed by atoms with Gasteiger partial charge >= 0.3 is 18.8 Å². The zero-order valence-electron chi connectivity index (χ0n) is 26.8. The van der Waals surface area contributed by atoms with Gasteiger partial charge in [0.05, 0.1) is 34.6 Å². The zero-order valence-corrected chi connectivity index (χ0v) is 27.6. The number of carbonyl (C=O) groups is 4. The molecule has 2 aliphatic heterocycles. The number of hydrogen-bond acceptors (Lipinski definition) is 8. The van der Waals surface area contributed by atoms with Gasteiger partial charge in [-0.05, 0) is 43.2 Å². The monoisotopic (exact) mass is 766 g/mol. The fraction of sp³-hybridized carbons (Fsp3) is 0.387. The number of alkyl halides is 5. The van der Waals surface area contributed by atoms with Gasteiger partial charge in [0.1, 0.15) is 0 Å². The second kappa shape index (κ2) is 16.6. The highest BCUT2D eigenvalue weighted by Crippen LogP contribution is 2.31. The van der Waals surface area contributed by atoms with Crippen LogP contribution in [0.3, 0.4) is 0 Å². The summed E-state index contributed by atoms with van der Waals surface area (Å²) in [5, 5.41) is 25.6. The summed E-state index contributed by atoms with van der Waals surface area (Å²) >= 11 is 6.41. The quantitative estimate of drug-likeness (QED) is 0.214. The number of nitrogens with one attached hydrogen (secondary N) is 3. The van der Waals surface area contributed by atoms with Gasteiger partial charge in [0.25, 0.3) is 11.8 Å². The third-order valence-corrected chi connectivity index (χ3v) is 8.41. The number of amides is 3. The van der Waals surface area contributed by atoms with Crippen LogP contribution in [-0.4, -0.2) is 99.5 Å². The Bertz CT molecular complexity index is 1820. The topological polar surface area (TPSA) is 175 Å². The molecule has 0 saturated carbocycles. The molecule has 5 N–H and O–H groups in total. The van der Waals surface area contributed by atoms with Crippen LogP contribution in [0.2, 0.25) is 5.02 Å². The van der Waals surface area contributed by atoms with Crippen molar-refractivity contribution in [1.82, 2.24) is 25.1 Å². The second-order valence-corrected chi connectivity index (χ2v) is 11.9. The third kappa shape index (κ3) is 9.48. The van der Waals surface area contributed by atoms with Gasteiger partial charge < -0.3 is 40.4 Å². The fourth-order valence-corrected chi connectivity index (χ4v) is 5.63. The Labute approximate surface area is 294 Å². The summed E-state index contributed by atoms with van der Waals surface area (Å²) < 4.78 is 90.7. The molecule has 3 aromatic rings. The Morgan fingerprint density at radius 3 is 2.27 bits per heavy atom. The minimum atomic E-state index is -5.08. The molecule has 2 fully saturated rings. The molecule has 2 aliphatic rings. The molecule has 5 rings (SSSR count). The number of halogens is 8. The van der Waals surface area contributed by atoms with Gasteiger partial charge in [0.2, 0.25) is 11.7 Å². The number of carboxylic acids is 1. The van der Waals surface area contributed by atoms with E-state index in [-0.39, 0.29) is 57.1 Å². The van der Waals surface area contributed by atoms with E-state index in [0.29, 0.717) is 39.0 Å². The van der Waals surface area contributed by atoms with Crippen molar-refractivity contribution in [3.8, 4) is 17.0 Å². The summed E-state index contributed by atoms with van der Waals surface area (Å²) in [4.78, 5) is 53.2. The maximum atomic E-state index is 14.6. The van der Waals surface area contributed by atoms with Crippen molar-refractivity contribution >= 4 is 41.0 Å². The van der Waals surface area contributed by atoms with Crippen LogP contribution in [0.4, 0.5) is 36.4 Å². The molecular weight excluding hydrogens is 737 g/mol. The lowest BCUT2D eigenvalue weighted by atomic mass is 9.95. The molecule has 21 heteroatoms. The summed E-state index contributed by atoms with van der Waals surface area (Å²) in [6, 6.07) is 5.85. The summed E-state index contributed by atoms with van der Waals surface area (Å²) in [5.41, 5.74) is 0.0988. The number of carboxylic acid groups (broad SMARTS) is 1. The Balaban J connectivity index is 0.000000785. The van der Waals surface area contributed by atoms with Crippen LogP contribution in [0.5, 0.6) is 5.75 Å². The Kier molecular flexibility index (Phi) is 12.7. The number of piperidine rings is 1.